The fourth-order valence-electron chi connectivity index (χ4n) is 3.61. The molecule has 4 rings (SSSR count). The molecule has 7 nitrogen and oxygen atoms in total. The van der Waals surface area contributed by atoms with E-state index in [1.807, 2.05) is 22.4 Å². The van der Waals surface area contributed by atoms with Gasteiger partial charge in [-0.2, -0.15) is 4.98 Å². The second-order valence-corrected chi connectivity index (χ2v) is 7.54. The molecule has 2 aromatic rings. The Morgan fingerprint density at radius 2 is 2.24 bits per heavy atom. The first-order valence-corrected chi connectivity index (χ1v) is 9.52. The van der Waals surface area contributed by atoms with Crippen molar-refractivity contribution in [3.63, 3.8) is 0 Å². The quantitative estimate of drug-likeness (QED) is 0.883. The summed E-state index contributed by atoms with van der Waals surface area (Å²) in [6.45, 7) is 0.740. The molecule has 8 heteroatoms. The lowest BCUT2D eigenvalue weighted by Crippen LogP contribution is -2.36. The van der Waals surface area contributed by atoms with Gasteiger partial charge in [0.25, 0.3) is 5.89 Å². The van der Waals surface area contributed by atoms with Crippen LogP contribution in [0.4, 0.5) is 0 Å². The summed E-state index contributed by atoms with van der Waals surface area (Å²) in [6, 6.07) is 4.15. The molecule has 3 heterocycles. The number of aromatic nitrogens is 2. The summed E-state index contributed by atoms with van der Waals surface area (Å²) in [6.07, 6.45) is 4.78. The second kappa shape index (κ2) is 6.95. The topological polar surface area (TPSA) is 88.3 Å². The molecule has 0 bridgehead atoms. The van der Waals surface area contributed by atoms with Gasteiger partial charge < -0.3 is 14.7 Å². The van der Waals surface area contributed by atoms with Gasteiger partial charge in [0.15, 0.2) is 5.82 Å². The normalized spacial score (nSPS) is 21.2. The third kappa shape index (κ3) is 3.44. The van der Waals surface area contributed by atoms with Crippen LogP contribution in [0.2, 0.25) is 0 Å². The molecule has 1 atom stereocenters. The maximum Gasteiger partial charge on any atom is 0.268 e. The van der Waals surface area contributed by atoms with Crippen molar-refractivity contribution in [1.29, 1.82) is 0 Å². The summed E-state index contributed by atoms with van der Waals surface area (Å²) < 4.78 is 5.20. The van der Waals surface area contributed by atoms with Gasteiger partial charge in [-0.25, -0.2) is 0 Å². The van der Waals surface area contributed by atoms with E-state index in [1.54, 1.807) is 0 Å². The van der Waals surface area contributed by atoms with Crippen molar-refractivity contribution >= 4 is 23.2 Å². The zero-order valence-corrected chi connectivity index (χ0v) is 14.6. The van der Waals surface area contributed by atoms with E-state index in [1.165, 1.54) is 24.2 Å². The lowest BCUT2D eigenvalue weighted by molar-refractivity contribution is -0.130. The van der Waals surface area contributed by atoms with Gasteiger partial charge in [-0.15, -0.1) is 11.3 Å². The molecule has 2 amide bonds. The molecule has 1 aliphatic carbocycles. The molecule has 2 fully saturated rings. The van der Waals surface area contributed by atoms with Crippen LogP contribution in [0.5, 0.6) is 0 Å². The number of thiophene rings is 1. The Labute approximate surface area is 149 Å². The van der Waals surface area contributed by atoms with Gasteiger partial charge in [0.05, 0.1) is 17.3 Å². The van der Waals surface area contributed by atoms with Crippen molar-refractivity contribution < 1.29 is 14.1 Å². The molecule has 0 spiro atoms. The number of carbonyl (C=O) groups excluding carboxylic acids is 2. The van der Waals surface area contributed by atoms with Crippen molar-refractivity contribution in [3.8, 4) is 10.8 Å². The van der Waals surface area contributed by atoms with Crippen LogP contribution in [0.3, 0.4) is 0 Å². The highest BCUT2D eigenvalue weighted by Gasteiger charge is 2.38. The van der Waals surface area contributed by atoms with E-state index in [0.717, 1.165) is 17.7 Å². The fourth-order valence-corrected chi connectivity index (χ4v) is 4.26. The van der Waals surface area contributed by atoms with Crippen molar-refractivity contribution in [1.82, 2.24) is 20.4 Å². The molecule has 2 aliphatic rings. The minimum Gasteiger partial charge on any atom is -0.348 e. The zero-order valence-electron chi connectivity index (χ0n) is 13.8. The lowest BCUT2D eigenvalue weighted by Gasteiger charge is -2.23. The number of carbonyl (C=O) groups is 2. The molecule has 132 valence electrons. The number of nitrogens with zero attached hydrogens (tertiary/aromatic N) is 3. The molecular weight excluding hydrogens is 340 g/mol. The first kappa shape index (κ1) is 16.3. The van der Waals surface area contributed by atoms with Crippen LogP contribution < -0.4 is 5.32 Å². The van der Waals surface area contributed by atoms with Crippen LogP contribution in [0, 0.1) is 5.92 Å². The fraction of sp³-hybridized carbons (Fsp3) is 0.529. The molecule has 1 saturated carbocycles. The van der Waals surface area contributed by atoms with Crippen molar-refractivity contribution in [2.75, 3.05) is 6.54 Å². The Morgan fingerprint density at radius 3 is 3.00 bits per heavy atom. The number of hydrogen-bond donors (Lipinski definition) is 1. The maximum absolute atomic E-state index is 12.4. The molecule has 0 unspecified atom stereocenters. The predicted molar refractivity (Wildman–Crippen MR) is 91.5 cm³/mol. The molecule has 25 heavy (non-hydrogen) atoms. The Bertz CT molecular complexity index is 752. The van der Waals surface area contributed by atoms with E-state index in [2.05, 4.69) is 15.5 Å². The standard InChI is InChI=1S/C17H20N4O3S/c22-15-8-11(10-21(15)12-4-1-2-5-12)16(23)18-9-14-19-17(24-20-14)13-6-3-7-25-13/h3,6-7,11-12H,1-2,4-5,8-10H2,(H,18,23)/t11-/m1/s1. The van der Waals surface area contributed by atoms with Gasteiger partial charge >= 0.3 is 0 Å². The highest BCUT2D eigenvalue weighted by Crippen LogP contribution is 2.29. The summed E-state index contributed by atoms with van der Waals surface area (Å²) in [5.41, 5.74) is 0. The predicted octanol–water partition coefficient (Wildman–Crippen LogP) is 2.21. The van der Waals surface area contributed by atoms with E-state index in [0.29, 0.717) is 30.7 Å². The number of nitrogens with one attached hydrogen (secondary N) is 1. The van der Waals surface area contributed by atoms with Crippen LogP contribution in [0.1, 0.15) is 37.9 Å². The lowest BCUT2D eigenvalue weighted by atomic mass is 10.1. The van der Waals surface area contributed by atoms with Gasteiger partial charge in [-0.3, -0.25) is 9.59 Å². The van der Waals surface area contributed by atoms with Crippen LogP contribution in [-0.2, 0) is 16.1 Å². The summed E-state index contributed by atoms with van der Waals surface area (Å²) in [5, 5.41) is 8.66. The summed E-state index contributed by atoms with van der Waals surface area (Å²) >= 11 is 1.52. The van der Waals surface area contributed by atoms with Crippen LogP contribution in [0.25, 0.3) is 10.8 Å². The van der Waals surface area contributed by atoms with E-state index in [4.69, 9.17) is 4.52 Å². The zero-order chi connectivity index (χ0) is 17.2. The Balaban J connectivity index is 1.31. The molecule has 1 N–H and O–H groups in total. The summed E-state index contributed by atoms with van der Waals surface area (Å²) in [4.78, 5) is 31.7. The third-order valence-electron chi connectivity index (χ3n) is 4.92. The highest BCUT2D eigenvalue weighted by molar-refractivity contribution is 7.13. The second-order valence-electron chi connectivity index (χ2n) is 6.60. The van der Waals surface area contributed by atoms with Gasteiger partial charge in [-0.1, -0.05) is 24.1 Å². The van der Waals surface area contributed by atoms with E-state index in [9.17, 15) is 9.59 Å². The highest BCUT2D eigenvalue weighted by atomic mass is 32.1. The Morgan fingerprint density at radius 1 is 1.40 bits per heavy atom. The number of rotatable bonds is 5. The smallest absolute Gasteiger partial charge is 0.268 e. The van der Waals surface area contributed by atoms with Gasteiger partial charge in [0, 0.05) is 19.0 Å². The summed E-state index contributed by atoms with van der Waals surface area (Å²) in [5.74, 6) is 0.608. The average molecular weight is 360 g/mol. The molecule has 0 aromatic carbocycles. The van der Waals surface area contributed by atoms with Crippen molar-refractivity contribution in [2.45, 2.75) is 44.7 Å². The third-order valence-corrected chi connectivity index (χ3v) is 5.77. The molecule has 2 aromatic heterocycles. The van der Waals surface area contributed by atoms with Crippen LogP contribution in [0.15, 0.2) is 22.0 Å². The first-order chi connectivity index (χ1) is 12.2. The monoisotopic (exact) mass is 360 g/mol. The van der Waals surface area contributed by atoms with Gasteiger partial charge in [0.1, 0.15) is 0 Å². The molecule has 1 saturated heterocycles. The number of likely N-dealkylation sites (tertiary alicyclic amines) is 1. The van der Waals surface area contributed by atoms with E-state index >= 15 is 0 Å². The van der Waals surface area contributed by atoms with E-state index < -0.39 is 0 Å². The molecular formula is C17H20N4O3S. The maximum atomic E-state index is 12.4. The van der Waals surface area contributed by atoms with Crippen molar-refractivity contribution in [3.05, 3.63) is 23.3 Å². The number of hydrogen-bond acceptors (Lipinski definition) is 6. The average Bonchev–Trinajstić information content (AvgIpc) is 3.38. The van der Waals surface area contributed by atoms with E-state index in [-0.39, 0.29) is 24.3 Å². The minimum absolute atomic E-state index is 0.103. The SMILES string of the molecule is O=C(NCc1noc(-c2cccs2)n1)[C@@H]1CC(=O)N(C2CCCC2)C1. The van der Waals surface area contributed by atoms with Gasteiger partial charge in [0.2, 0.25) is 11.8 Å². The summed E-state index contributed by atoms with van der Waals surface area (Å²) in [7, 11) is 0. The van der Waals surface area contributed by atoms with Crippen LogP contribution >= 0.6 is 11.3 Å². The Kier molecular flexibility index (Phi) is 4.52. The van der Waals surface area contributed by atoms with Gasteiger partial charge in [-0.05, 0) is 24.3 Å². The minimum atomic E-state index is -0.281. The van der Waals surface area contributed by atoms with Crippen LogP contribution in [-0.4, -0.2) is 39.4 Å². The Hall–Kier alpha value is -2.22. The van der Waals surface area contributed by atoms with Crippen molar-refractivity contribution in [2.24, 2.45) is 5.92 Å². The number of amides is 2. The first-order valence-electron chi connectivity index (χ1n) is 8.64. The molecule has 0 radical (unpaired) electrons. The molecule has 1 aliphatic heterocycles. The largest absolute Gasteiger partial charge is 0.348 e.